The van der Waals surface area contributed by atoms with Crippen LogP contribution in [0.5, 0.6) is 0 Å². The van der Waals surface area contributed by atoms with Gasteiger partial charge in [-0.25, -0.2) is 17.7 Å². The number of anilines is 1. The molecule has 0 amide bonds. The fourth-order valence-electron chi connectivity index (χ4n) is 3.21. The molecule has 0 saturated carbocycles. The summed E-state index contributed by atoms with van der Waals surface area (Å²) in [6.07, 6.45) is 0. The molecule has 4 aromatic rings. The zero-order valence-corrected chi connectivity index (χ0v) is 18.2. The minimum Gasteiger partial charge on any atom is -0.292 e. The van der Waals surface area contributed by atoms with Crippen molar-refractivity contribution in [2.45, 2.75) is 25.7 Å². The maximum absolute atomic E-state index is 13.5. The van der Waals surface area contributed by atoms with Crippen molar-refractivity contribution in [3.8, 4) is 0 Å². The highest BCUT2D eigenvalue weighted by atomic mass is 32.2. The summed E-state index contributed by atoms with van der Waals surface area (Å²) >= 11 is 0. The fraction of sp³-hybridized carbons (Fsp3) is 0.182. The Morgan fingerprint density at radius 2 is 1.65 bits per heavy atom. The highest BCUT2D eigenvalue weighted by Crippen LogP contribution is 2.23. The maximum atomic E-state index is 13.5. The van der Waals surface area contributed by atoms with Crippen LogP contribution in [0.4, 0.5) is 5.95 Å². The number of benzene rings is 2. The number of rotatable bonds is 6. The zero-order chi connectivity index (χ0) is 22.2. The van der Waals surface area contributed by atoms with Gasteiger partial charge in [0.05, 0.1) is 4.90 Å². The summed E-state index contributed by atoms with van der Waals surface area (Å²) < 4.78 is 29.4. The Labute approximate surface area is 180 Å². The van der Waals surface area contributed by atoms with Gasteiger partial charge in [0.15, 0.2) is 5.78 Å². The summed E-state index contributed by atoms with van der Waals surface area (Å²) in [6, 6.07) is 16.8. The lowest BCUT2D eigenvalue weighted by Gasteiger charge is -2.20. The van der Waals surface area contributed by atoms with Crippen LogP contribution < -0.4 is 4.31 Å². The lowest BCUT2D eigenvalue weighted by atomic mass is 10.1. The molecule has 4 rings (SSSR count). The molecule has 8 nitrogen and oxygen atoms in total. The van der Waals surface area contributed by atoms with Crippen LogP contribution in [0, 0.1) is 20.8 Å². The number of ketones is 1. The molecule has 0 aliphatic heterocycles. The molecular formula is C22H21N5O3S. The van der Waals surface area contributed by atoms with Crippen LogP contribution in [0.15, 0.2) is 65.6 Å². The third-order valence-electron chi connectivity index (χ3n) is 4.82. The molecule has 0 atom stereocenters. The number of Topliss-reactive ketones (excluding diaryl/α,β-unsaturated/α-hetero) is 1. The van der Waals surface area contributed by atoms with Crippen LogP contribution in [-0.2, 0) is 10.0 Å². The van der Waals surface area contributed by atoms with Crippen molar-refractivity contribution in [1.82, 2.24) is 19.6 Å². The van der Waals surface area contributed by atoms with Crippen molar-refractivity contribution in [3.63, 3.8) is 0 Å². The van der Waals surface area contributed by atoms with Gasteiger partial charge in [0.25, 0.3) is 21.7 Å². The number of carbonyl (C=O) groups is 1. The van der Waals surface area contributed by atoms with E-state index in [1.807, 2.05) is 26.8 Å². The van der Waals surface area contributed by atoms with Crippen molar-refractivity contribution in [3.05, 3.63) is 83.2 Å². The van der Waals surface area contributed by atoms with E-state index in [1.165, 1.54) is 16.6 Å². The van der Waals surface area contributed by atoms with Gasteiger partial charge < -0.3 is 0 Å². The Kier molecular flexibility index (Phi) is 5.28. The van der Waals surface area contributed by atoms with Crippen LogP contribution in [0.3, 0.4) is 0 Å². The van der Waals surface area contributed by atoms with Crippen LogP contribution in [0.25, 0.3) is 5.78 Å². The lowest BCUT2D eigenvalue weighted by Crippen LogP contribution is -2.36. The van der Waals surface area contributed by atoms with E-state index in [0.717, 1.165) is 21.3 Å². The van der Waals surface area contributed by atoms with Crippen LogP contribution in [-0.4, -0.2) is 40.3 Å². The number of carbonyl (C=O) groups excluding carboxylic acids is 1. The minimum absolute atomic E-state index is 0.0543. The van der Waals surface area contributed by atoms with Crippen molar-refractivity contribution < 1.29 is 13.2 Å². The summed E-state index contributed by atoms with van der Waals surface area (Å²) in [5, 5.41) is 4.35. The predicted octanol–water partition coefficient (Wildman–Crippen LogP) is 3.13. The third kappa shape index (κ3) is 4.04. The molecule has 0 unspecified atom stereocenters. The Balaban J connectivity index is 1.84. The fourth-order valence-corrected chi connectivity index (χ4v) is 4.52. The molecule has 31 heavy (non-hydrogen) atoms. The number of fused-ring (bicyclic) bond motifs is 1. The normalized spacial score (nSPS) is 11.6. The van der Waals surface area contributed by atoms with E-state index >= 15 is 0 Å². The van der Waals surface area contributed by atoms with Crippen LogP contribution >= 0.6 is 0 Å². The van der Waals surface area contributed by atoms with Crippen LogP contribution in [0.2, 0.25) is 0 Å². The van der Waals surface area contributed by atoms with E-state index in [-0.39, 0.29) is 22.4 Å². The van der Waals surface area contributed by atoms with E-state index < -0.39 is 16.6 Å². The molecule has 0 spiro atoms. The van der Waals surface area contributed by atoms with Gasteiger partial charge in [-0.1, -0.05) is 48.0 Å². The predicted molar refractivity (Wildman–Crippen MR) is 117 cm³/mol. The zero-order valence-electron chi connectivity index (χ0n) is 17.3. The number of aromatic nitrogens is 4. The Bertz CT molecular complexity index is 1360. The van der Waals surface area contributed by atoms with Gasteiger partial charge in [-0.05, 0) is 39.0 Å². The molecule has 0 bridgehead atoms. The highest BCUT2D eigenvalue weighted by Gasteiger charge is 2.31. The first-order chi connectivity index (χ1) is 14.8. The summed E-state index contributed by atoms with van der Waals surface area (Å²) in [6.45, 7) is 5.08. The quantitative estimate of drug-likeness (QED) is 0.432. The van der Waals surface area contributed by atoms with Gasteiger partial charge in [0.1, 0.15) is 6.54 Å². The average Bonchev–Trinajstić information content (AvgIpc) is 3.16. The molecule has 9 heteroatoms. The third-order valence-corrected chi connectivity index (χ3v) is 6.56. The first-order valence-corrected chi connectivity index (χ1v) is 11.1. The van der Waals surface area contributed by atoms with Gasteiger partial charge in [0.2, 0.25) is 0 Å². The van der Waals surface area contributed by atoms with Gasteiger partial charge in [-0.15, -0.1) is 5.10 Å². The smallest absolute Gasteiger partial charge is 0.267 e. The molecule has 0 aliphatic rings. The van der Waals surface area contributed by atoms with E-state index in [1.54, 1.807) is 42.5 Å². The molecule has 0 radical (unpaired) electrons. The van der Waals surface area contributed by atoms with E-state index in [9.17, 15) is 13.2 Å². The second-order valence-electron chi connectivity index (χ2n) is 7.28. The van der Waals surface area contributed by atoms with Gasteiger partial charge >= 0.3 is 0 Å². The van der Waals surface area contributed by atoms with Crippen molar-refractivity contribution in [2.75, 3.05) is 10.8 Å². The molecule has 2 aromatic carbocycles. The van der Waals surface area contributed by atoms with E-state index in [0.29, 0.717) is 5.56 Å². The molecule has 0 fully saturated rings. The minimum atomic E-state index is -4.10. The highest BCUT2D eigenvalue weighted by molar-refractivity contribution is 7.92. The van der Waals surface area contributed by atoms with Gasteiger partial charge in [-0.2, -0.15) is 9.50 Å². The summed E-state index contributed by atoms with van der Waals surface area (Å²) in [5.41, 5.74) is 2.81. The summed E-state index contributed by atoms with van der Waals surface area (Å²) in [7, 11) is -4.10. The largest absolute Gasteiger partial charge is 0.292 e. The second kappa shape index (κ2) is 7.92. The Hall–Kier alpha value is -3.59. The number of sulfonamides is 1. The number of hydrogen-bond acceptors (Lipinski definition) is 6. The SMILES string of the molecule is Cc1ccc(S(=O)(=O)N(CC(=O)c2ccccc2)c2nc3nc(C)cc(C)n3n2)cc1. The molecular weight excluding hydrogens is 414 g/mol. The van der Waals surface area contributed by atoms with Crippen molar-refractivity contribution in [2.24, 2.45) is 0 Å². The van der Waals surface area contributed by atoms with Crippen molar-refractivity contribution in [1.29, 1.82) is 0 Å². The number of aryl methyl sites for hydroxylation is 3. The van der Waals surface area contributed by atoms with Gasteiger partial charge in [0, 0.05) is 17.0 Å². The molecule has 0 saturated heterocycles. The van der Waals surface area contributed by atoms with Gasteiger partial charge in [-0.3, -0.25) is 4.79 Å². The molecule has 2 aromatic heterocycles. The van der Waals surface area contributed by atoms with Crippen LogP contribution in [0.1, 0.15) is 27.3 Å². The van der Waals surface area contributed by atoms with E-state index in [2.05, 4.69) is 15.1 Å². The average molecular weight is 436 g/mol. The lowest BCUT2D eigenvalue weighted by molar-refractivity contribution is 0.100. The standard InChI is InChI=1S/C22H21N5O3S/c1-15-9-11-19(12-10-15)31(29,30)26(14-20(28)18-7-5-4-6-8-18)22-24-21-23-16(2)13-17(3)27(21)25-22/h4-13H,14H2,1-3H3. The number of hydrogen-bond donors (Lipinski definition) is 0. The first kappa shape index (κ1) is 20.7. The Morgan fingerprint density at radius 3 is 2.32 bits per heavy atom. The van der Waals surface area contributed by atoms with Crippen molar-refractivity contribution >= 4 is 27.5 Å². The summed E-state index contributed by atoms with van der Waals surface area (Å²) in [5.74, 6) is -0.203. The molecule has 0 N–H and O–H groups in total. The number of nitrogens with zero attached hydrogens (tertiary/aromatic N) is 5. The molecule has 0 aliphatic carbocycles. The van der Waals surface area contributed by atoms with E-state index in [4.69, 9.17) is 0 Å². The topological polar surface area (TPSA) is 97.5 Å². The molecule has 2 heterocycles. The Morgan fingerprint density at radius 1 is 0.968 bits per heavy atom. The second-order valence-corrected chi connectivity index (χ2v) is 9.14. The first-order valence-electron chi connectivity index (χ1n) is 9.64. The monoisotopic (exact) mass is 435 g/mol. The summed E-state index contributed by atoms with van der Waals surface area (Å²) in [4.78, 5) is 21.6. The maximum Gasteiger partial charge on any atom is 0.267 e. The molecule has 158 valence electrons.